The molecule has 6 heteroatoms. The molecule has 1 amide bonds. The Morgan fingerprint density at radius 1 is 1.32 bits per heavy atom. The van der Waals surface area contributed by atoms with Crippen LogP contribution in [0.1, 0.15) is 31.1 Å². The predicted octanol–water partition coefficient (Wildman–Crippen LogP) is 2.25. The third-order valence-electron chi connectivity index (χ3n) is 4.53. The first kappa shape index (κ1) is 17.5. The molecule has 1 atom stereocenters. The number of benzene rings is 1. The number of nitrogens with one attached hydrogen (secondary N) is 1. The molecule has 1 aliphatic rings. The van der Waals surface area contributed by atoms with Crippen LogP contribution >= 0.6 is 0 Å². The number of ether oxygens (including phenoxy) is 1. The molecule has 0 aliphatic carbocycles. The number of carbonyl (C=O) groups is 1. The molecule has 1 fully saturated rings. The molecule has 2 heterocycles. The van der Waals surface area contributed by atoms with Gasteiger partial charge in [-0.2, -0.15) is 0 Å². The number of H-pyrrole nitrogens is 1. The molecule has 1 N–H and O–H groups in total. The molecule has 1 aliphatic heterocycles. The fraction of sp³-hybridized carbons (Fsp3) is 0.474. The molecule has 0 spiro atoms. The standard InChI is InChI=1S/C19H26N4O2/c1-14(2)25-17-6-4-15(5-7-17)18-12-23(9-8-22(18)3)19(24)10-16-11-20-13-21-16/h4-7,11,13-14,18H,8-10,12H2,1-3H3,(H,20,21)/t18-/m0/s1. The van der Waals surface area contributed by atoms with Crippen molar-refractivity contribution in [3.05, 3.63) is 48.0 Å². The van der Waals surface area contributed by atoms with E-state index < -0.39 is 0 Å². The minimum absolute atomic E-state index is 0.141. The maximum atomic E-state index is 12.6. The molecule has 1 aromatic heterocycles. The van der Waals surface area contributed by atoms with Crippen molar-refractivity contribution in [3.63, 3.8) is 0 Å². The first-order valence-corrected chi connectivity index (χ1v) is 8.75. The summed E-state index contributed by atoms with van der Waals surface area (Å²) in [7, 11) is 2.11. The van der Waals surface area contributed by atoms with Crippen LogP contribution in [0.5, 0.6) is 5.75 Å². The van der Waals surface area contributed by atoms with Crippen molar-refractivity contribution in [3.8, 4) is 5.75 Å². The topological polar surface area (TPSA) is 61.5 Å². The van der Waals surface area contributed by atoms with Crippen LogP contribution in [-0.4, -0.2) is 58.5 Å². The fourth-order valence-electron chi connectivity index (χ4n) is 3.16. The number of rotatable bonds is 5. The van der Waals surface area contributed by atoms with Gasteiger partial charge in [-0.1, -0.05) is 12.1 Å². The zero-order chi connectivity index (χ0) is 17.8. The van der Waals surface area contributed by atoms with Gasteiger partial charge in [0.15, 0.2) is 0 Å². The molecule has 2 aromatic rings. The Balaban J connectivity index is 1.67. The number of nitrogens with zero attached hydrogens (tertiary/aromatic N) is 3. The SMILES string of the molecule is CC(C)Oc1ccc([C@@H]2CN(C(=O)Cc3cnc[nH]3)CCN2C)cc1. The van der Waals surface area contributed by atoms with Gasteiger partial charge in [0, 0.05) is 31.5 Å². The van der Waals surface area contributed by atoms with E-state index >= 15 is 0 Å². The molecule has 1 aromatic carbocycles. The summed E-state index contributed by atoms with van der Waals surface area (Å²) in [5.41, 5.74) is 2.06. The van der Waals surface area contributed by atoms with E-state index in [2.05, 4.69) is 34.0 Å². The van der Waals surface area contributed by atoms with Crippen molar-refractivity contribution < 1.29 is 9.53 Å². The number of aromatic nitrogens is 2. The normalized spacial score (nSPS) is 18.6. The fourth-order valence-corrected chi connectivity index (χ4v) is 3.16. The summed E-state index contributed by atoms with van der Waals surface area (Å²) in [5.74, 6) is 1.02. The molecule has 6 nitrogen and oxygen atoms in total. The van der Waals surface area contributed by atoms with Crippen molar-refractivity contribution in [1.82, 2.24) is 19.8 Å². The average Bonchev–Trinajstić information content (AvgIpc) is 3.08. The first-order chi connectivity index (χ1) is 12.0. The van der Waals surface area contributed by atoms with Crippen LogP contribution in [0.25, 0.3) is 0 Å². The Morgan fingerprint density at radius 2 is 2.08 bits per heavy atom. The van der Waals surface area contributed by atoms with E-state index in [0.29, 0.717) is 13.0 Å². The zero-order valence-corrected chi connectivity index (χ0v) is 15.1. The largest absolute Gasteiger partial charge is 0.491 e. The van der Waals surface area contributed by atoms with Gasteiger partial charge in [-0.15, -0.1) is 0 Å². The quantitative estimate of drug-likeness (QED) is 0.905. The van der Waals surface area contributed by atoms with Crippen LogP contribution < -0.4 is 4.74 Å². The van der Waals surface area contributed by atoms with E-state index in [9.17, 15) is 4.79 Å². The van der Waals surface area contributed by atoms with Crippen molar-refractivity contribution in [2.75, 3.05) is 26.7 Å². The van der Waals surface area contributed by atoms with E-state index in [-0.39, 0.29) is 18.1 Å². The number of hydrogen-bond donors (Lipinski definition) is 1. The Hall–Kier alpha value is -2.34. The molecule has 1 saturated heterocycles. The van der Waals surface area contributed by atoms with E-state index in [1.54, 1.807) is 12.5 Å². The second-order valence-corrected chi connectivity index (χ2v) is 6.83. The number of hydrogen-bond acceptors (Lipinski definition) is 4. The number of carbonyl (C=O) groups excluding carboxylic acids is 1. The second-order valence-electron chi connectivity index (χ2n) is 6.83. The van der Waals surface area contributed by atoms with E-state index in [4.69, 9.17) is 4.74 Å². The Morgan fingerprint density at radius 3 is 2.72 bits per heavy atom. The van der Waals surface area contributed by atoms with Gasteiger partial charge in [-0.05, 0) is 38.6 Å². The summed E-state index contributed by atoms with van der Waals surface area (Å²) < 4.78 is 5.71. The summed E-state index contributed by atoms with van der Waals surface area (Å²) in [6.45, 7) is 6.37. The molecule has 0 bridgehead atoms. The lowest BCUT2D eigenvalue weighted by Gasteiger charge is -2.39. The number of aromatic amines is 1. The van der Waals surface area contributed by atoms with Gasteiger partial charge in [0.1, 0.15) is 5.75 Å². The summed E-state index contributed by atoms with van der Waals surface area (Å²) in [5, 5.41) is 0. The van der Waals surface area contributed by atoms with Crippen LogP contribution in [0.2, 0.25) is 0 Å². The average molecular weight is 342 g/mol. The van der Waals surface area contributed by atoms with Crippen molar-refractivity contribution in [1.29, 1.82) is 0 Å². The minimum atomic E-state index is 0.141. The number of likely N-dealkylation sites (N-methyl/N-ethyl adjacent to an activating group) is 1. The zero-order valence-electron chi connectivity index (χ0n) is 15.1. The highest BCUT2D eigenvalue weighted by Gasteiger charge is 2.28. The predicted molar refractivity (Wildman–Crippen MR) is 96.4 cm³/mol. The Bertz CT molecular complexity index is 682. The van der Waals surface area contributed by atoms with Crippen LogP contribution in [0.15, 0.2) is 36.8 Å². The summed E-state index contributed by atoms with van der Waals surface area (Å²) in [4.78, 5) is 23.8. The molecule has 134 valence electrons. The molecule has 25 heavy (non-hydrogen) atoms. The Kier molecular flexibility index (Phi) is 5.38. The van der Waals surface area contributed by atoms with Crippen LogP contribution in [0, 0.1) is 0 Å². The van der Waals surface area contributed by atoms with Gasteiger partial charge in [0.05, 0.1) is 24.9 Å². The van der Waals surface area contributed by atoms with Gasteiger partial charge in [-0.25, -0.2) is 4.98 Å². The monoisotopic (exact) mass is 342 g/mol. The summed E-state index contributed by atoms with van der Waals surface area (Å²) in [6.07, 6.45) is 3.85. The van der Waals surface area contributed by atoms with Crippen molar-refractivity contribution >= 4 is 5.91 Å². The van der Waals surface area contributed by atoms with Crippen LogP contribution in [0.3, 0.4) is 0 Å². The molecule has 0 radical (unpaired) electrons. The number of piperazine rings is 1. The van der Waals surface area contributed by atoms with Gasteiger partial charge >= 0.3 is 0 Å². The summed E-state index contributed by atoms with van der Waals surface area (Å²) in [6, 6.07) is 8.42. The maximum absolute atomic E-state index is 12.6. The maximum Gasteiger partial charge on any atom is 0.228 e. The minimum Gasteiger partial charge on any atom is -0.491 e. The molecule has 0 unspecified atom stereocenters. The third-order valence-corrected chi connectivity index (χ3v) is 4.53. The lowest BCUT2D eigenvalue weighted by atomic mass is 10.0. The van der Waals surface area contributed by atoms with Crippen LogP contribution in [0.4, 0.5) is 0 Å². The highest BCUT2D eigenvalue weighted by molar-refractivity contribution is 5.78. The smallest absolute Gasteiger partial charge is 0.228 e. The van der Waals surface area contributed by atoms with Gasteiger partial charge in [0.25, 0.3) is 0 Å². The highest BCUT2D eigenvalue weighted by Crippen LogP contribution is 2.26. The van der Waals surface area contributed by atoms with E-state index in [0.717, 1.165) is 24.5 Å². The second kappa shape index (κ2) is 7.70. The number of imidazole rings is 1. The lowest BCUT2D eigenvalue weighted by Crippen LogP contribution is -2.49. The molecule has 3 rings (SSSR count). The summed E-state index contributed by atoms with van der Waals surface area (Å²) >= 11 is 0. The Labute approximate surface area is 148 Å². The molecule has 0 saturated carbocycles. The molecular weight excluding hydrogens is 316 g/mol. The van der Waals surface area contributed by atoms with Gasteiger partial charge in [-0.3, -0.25) is 9.69 Å². The molecular formula is C19H26N4O2. The third kappa shape index (κ3) is 4.39. The first-order valence-electron chi connectivity index (χ1n) is 8.75. The van der Waals surface area contributed by atoms with Crippen molar-refractivity contribution in [2.24, 2.45) is 0 Å². The van der Waals surface area contributed by atoms with E-state index in [1.165, 1.54) is 5.56 Å². The highest BCUT2D eigenvalue weighted by atomic mass is 16.5. The van der Waals surface area contributed by atoms with Crippen molar-refractivity contribution in [2.45, 2.75) is 32.4 Å². The lowest BCUT2D eigenvalue weighted by molar-refractivity contribution is -0.133. The van der Waals surface area contributed by atoms with Crippen LogP contribution in [-0.2, 0) is 11.2 Å². The van der Waals surface area contributed by atoms with Gasteiger partial charge < -0.3 is 14.6 Å². The van der Waals surface area contributed by atoms with Gasteiger partial charge in [0.2, 0.25) is 5.91 Å². The number of amides is 1. The van der Waals surface area contributed by atoms with E-state index in [1.807, 2.05) is 30.9 Å².